The normalized spacial score (nSPS) is 11.4. The topological polar surface area (TPSA) is 85.3 Å². The van der Waals surface area contributed by atoms with Crippen molar-refractivity contribution in [2.45, 2.75) is 20.8 Å². The van der Waals surface area contributed by atoms with Gasteiger partial charge in [-0.1, -0.05) is 29.5 Å². The van der Waals surface area contributed by atoms with Gasteiger partial charge in [-0.3, -0.25) is 15.5 Å². The highest BCUT2D eigenvalue weighted by atomic mass is 32.1. The molecular weight excluding hydrogens is 386 g/mol. The lowest BCUT2D eigenvalue weighted by Gasteiger charge is -2.12. The van der Waals surface area contributed by atoms with Crippen molar-refractivity contribution >= 4 is 38.6 Å². The molecule has 8 heteroatoms. The minimum atomic E-state index is -0.374. The lowest BCUT2D eigenvalue weighted by molar-refractivity contribution is -0.384. The number of nitro benzene ring substituents is 1. The van der Waals surface area contributed by atoms with Crippen LogP contribution in [0.1, 0.15) is 22.5 Å². The van der Waals surface area contributed by atoms with Gasteiger partial charge in [0.25, 0.3) is 5.69 Å². The van der Waals surface area contributed by atoms with Crippen LogP contribution in [-0.4, -0.2) is 20.7 Å². The summed E-state index contributed by atoms with van der Waals surface area (Å²) >= 11 is 1.54. The number of hydrazone groups is 1. The molecule has 0 saturated carbocycles. The van der Waals surface area contributed by atoms with E-state index >= 15 is 0 Å². The maximum Gasteiger partial charge on any atom is 0.271 e. The number of fused-ring (bicyclic) bond motifs is 1. The number of aromatic nitrogens is 2. The third-order valence-electron chi connectivity index (χ3n) is 4.77. The van der Waals surface area contributed by atoms with Crippen LogP contribution >= 0.6 is 11.3 Å². The van der Waals surface area contributed by atoms with Crippen molar-refractivity contribution in [2.75, 3.05) is 5.43 Å². The highest BCUT2D eigenvalue weighted by molar-refractivity contribution is 7.22. The van der Waals surface area contributed by atoms with E-state index in [9.17, 15) is 10.1 Å². The molecule has 0 aliphatic rings. The van der Waals surface area contributed by atoms with E-state index in [1.54, 1.807) is 29.7 Å². The van der Waals surface area contributed by atoms with Crippen molar-refractivity contribution in [1.82, 2.24) is 9.55 Å². The maximum atomic E-state index is 11.2. The molecule has 0 saturated heterocycles. The molecule has 0 spiro atoms. The third-order valence-corrected chi connectivity index (χ3v) is 5.71. The lowest BCUT2D eigenvalue weighted by atomic mass is 10.1. The summed E-state index contributed by atoms with van der Waals surface area (Å²) < 4.78 is 3.12. The fraction of sp³-hybridized carbons (Fsp3) is 0.143. The Morgan fingerprint density at radius 2 is 1.97 bits per heavy atom. The van der Waals surface area contributed by atoms with Gasteiger partial charge in [-0.25, -0.2) is 4.98 Å². The molecule has 29 heavy (non-hydrogen) atoms. The van der Waals surface area contributed by atoms with Gasteiger partial charge in [-0.15, -0.1) is 0 Å². The molecule has 0 amide bonds. The van der Waals surface area contributed by atoms with Gasteiger partial charge in [0.05, 0.1) is 27.0 Å². The summed E-state index contributed by atoms with van der Waals surface area (Å²) in [4.78, 5) is 15.3. The molecule has 2 aromatic heterocycles. The Morgan fingerprint density at radius 1 is 1.17 bits per heavy atom. The number of anilines is 1. The van der Waals surface area contributed by atoms with Crippen molar-refractivity contribution in [2.24, 2.45) is 5.10 Å². The predicted molar refractivity (Wildman–Crippen MR) is 117 cm³/mol. The van der Waals surface area contributed by atoms with Crippen molar-refractivity contribution in [3.8, 4) is 5.69 Å². The molecule has 1 N–H and O–H groups in total. The standard InChI is InChI=1S/C21H19N5O2S/c1-13-8-9-17(26(27)28)11-19(13)25-14(2)10-16(15(25)3)12-22-24-21-23-18-6-4-5-7-20(18)29-21/h4-12H,1-3H3,(H,23,24)/b22-12-. The Labute approximate surface area is 171 Å². The zero-order chi connectivity index (χ0) is 20.5. The van der Waals surface area contributed by atoms with Crippen LogP contribution in [0, 0.1) is 30.9 Å². The minimum absolute atomic E-state index is 0.0748. The number of hydrogen-bond acceptors (Lipinski definition) is 6. The van der Waals surface area contributed by atoms with Crippen LogP contribution in [-0.2, 0) is 0 Å². The number of thiazole rings is 1. The van der Waals surface area contributed by atoms with Crippen molar-refractivity contribution in [1.29, 1.82) is 0 Å². The molecular formula is C21H19N5O2S. The highest BCUT2D eigenvalue weighted by Gasteiger charge is 2.15. The fourth-order valence-corrected chi connectivity index (χ4v) is 4.13. The zero-order valence-electron chi connectivity index (χ0n) is 16.2. The Balaban J connectivity index is 1.63. The average molecular weight is 405 g/mol. The van der Waals surface area contributed by atoms with Crippen LogP contribution < -0.4 is 5.43 Å². The second-order valence-corrected chi connectivity index (χ2v) is 7.78. The van der Waals surface area contributed by atoms with E-state index in [0.29, 0.717) is 0 Å². The lowest BCUT2D eigenvalue weighted by Crippen LogP contribution is -2.03. The fourth-order valence-electron chi connectivity index (χ4n) is 3.32. The Kier molecular flexibility index (Phi) is 4.85. The Hall–Kier alpha value is -3.52. The molecule has 0 fully saturated rings. The van der Waals surface area contributed by atoms with Crippen LogP contribution in [0.25, 0.3) is 15.9 Å². The summed E-state index contributed by atoms with van der Waals surface area (Å²) in [7, 11) is 0. The van der Waals surface area contributed by atoms with E-state index in [2.05, 4.69) is 15.5 Å². The predicted octanol–water partition coefficient (Wildman–Crippen LogP) is 5.37. The summed E-state index contributed by atoms with van der Waals surface area (Å²) in [5.41, 5.74) is 8.64. The number of rotatable bonds is 5. The van der Waals surface area contributed by atoms with Gasteiger partial charge in [0.1, 0.15) is 0 Å². The van der Waals surface area contributed by atoms with Crippen LogP contribution in [0.2, 0.25) is 0 Å². The van der Waals surface area contributed by atoms with E-state index in [1.165, 1.54) is 6.07 Å². The number of nitrogens with zero attached hydrogens (tertiary/aromatic N) is 4. The van der Waals surface area contributed by atoms with Crippen molar-refractivity contribution in [3.05, 3.63) is 81.2 Å². The molecule has 4 aromatic rings. The summed E-state index contributed by atoms with van der Waals surface area (Å²) in [6.45, 7) is 5.90. The number of nitro groups is 1. The molecule has 0 aliphatic carbocycles. The molecule has 4 rings (SSSR count). The molecule has 0 atom stereocenters. The Bertz CT molecular complexity index is 1220. The van der Waals surface area contributed by atoms with Gasteiger partial charge in [-0.05, 0) is 44.5 Å². The monoisotopic (exact) mass is 405 g/mol. The summed E-state index contributed by atoms with van der Waals surface area (Å²) in [6, 6.07) is 14.9. The first-order chi connectivity index (χ1) is 13.9. The van der Waals surface area contributed by atoms with E-state index in [-0.39, 0.29) is 10.6 Å². The molecule has 0 unspecified atom stereocenters. The minimum Gasteiger partial charge on any atom is -0.317 e. The van der Waals surface area contributed by atoms with Crippen LogP contribution in [0.4, 0.5) is 10.8 Å². The van der Waals surface area contributed by atoms with Gasteiger partial charge in [-0.2, -0.15) is 5.10 Å². The second-order valence-electron chi connectivity index (χ2n) is 6.75. The van der Waals surface area contributed by atoms with Crippen LogP contribution in [0.3, 0.4) is 0 Å². The molecule has 0 radical (unpaired) electrons. The largest absolute Gasteiger partial charge is 0.317 e. The average Bonchev–Trinajstić information content (AvgIpc) is 3.22. The van der Waals surface area contributed by atoms with E-state index < -0.39 is 0 Å². The first-order valence-electron chi connectivity index (χ1n) is 9.03. The third kappa shape index (κ3) is 3.62. The summed E-state index contributed by atoms with van der Waals surface area (Å²) in [5, 5.41) is 16.2. The summed E-state index contributed by atoms with van der Waals surface area (Å²) in [6.07, 6.45) is 1.75. The van der Waals surface area contributed by atoms with Gasteiger partial charge >= 0.3 is 0 Å². The molecule has 2 heterocycles. The zero-order valence-corrected chi connectivity index (χ0v) is 17.0. The van der Waals surface area contributed by atoms with Crippen molar-refractivity contribution < 1.29 is 4.92 Å². The Morgan fingerprint density at radius 3 is 2.72 bits per heavy atom. The number of nitrogens with one attached hydrogen (secondary N) is 1. The number of aryl methyl sites for hydroxylation is 2. The number of benzene rings is 2. The number of para-hydroxylation sites is 1. The van der Waals surface area contributed by atoms with Gasteiger partial charge in [0.15, 0.2) is 0 Å². The quantitative estimate of drug-likeness (QED) is 0.275. The van der Waals surface area contributed by atoms with E-state index in [4.69, 9.17) is 0 Å². The molecule has 0 bridgehead atoms. The number of non-ortho nitro benzene ring substituents is 1. The van der Waals surface area contributed by atoms with Crippen LogP contribution in [0.15, 0.2) is 53.6 Å². The highest BCUT2D eigenvalue weighted by Crippen LogP contribution is 2.27. The molecule has 7 nitrogen and oxygen atoms in total. The first kappa shape index (κ1) is 18.8. The van der Waals surface area contributed by atoms with E-state index in [1.807, 2.05) is 55.7 Å². The SMILES string of the molecule is Cc1ccc([N+](=O)[O-])cc1-n1c(C)cc(/C=N\Nc2nc3ccccc3s2)c1C. The van der Waals surface area contributed by atoms with Crippen LogP contribution in [0.5, 0.6) is 0 Å². The van der Waals surface area contributed by atoms with E-state index in [0.717, 1.165) is 43.6 Å². The van der Waals surface area contributed by atoms with Crippen molar-refractivity contribution in [3.63, 3.8) is 0 Å². The molecule has 2 aromatic carbocycles. The maximum absolute atomic E-state index is 11.2. The van der Waals surface area contributed by atoms with Gasteiger partial charge in [0, 0.05) is 29.1 Å². The molecule has 0 aliphatic heterocycles. The van der Waals surface area contributed by atoms with Gasteiger partial charge in [0.2, 0.25) is 5.13 Å². The smallest absolute Gasteiger partial charge is 0.271 e. The first-order valence-corrected chi connectivity index (χ1v) is 9.84. The van der Waals surface area contributed by atoms with Gasteiger partial charge < -0.3 is 4.57 Å². The number of hydrogen-bond donors (Lipinski definition) is 1. The molecule has 146 valence electrons. The summed E-state index contributed by atoms with van der Waals surface area (Å²) in [5.74, 6) is 0. The second kappa shape index (κ2) is 7.48.